The fraction of sp³-hybridized carbons (Fsp3) is 0.200. The molecule has 0 heterocycles. The molecule has 2 aromatic rings. The van der Waals surface area contributed by atoms with Gasteiger partial charge in [-0.1, -0.05) is 6.07 Å². The third kappa shape index (κ3) is 3.81. The van der Waals surface area contributed by atoms with Crippen molar-refractivity contribution >= 4 is 11.4 Å². The van der Waals surface area contributed by atoms with E-state index in [0.29, 0.717) is 6.61 Å². The highest BCUT2D eigenvalue weighted by atomic mass is 16.5. The second-order valence-electron chi connectivity index (χ2n) is 3.94. The Morgan fingerprint density at radius 1 is 0.895 bits per heavy atom. The molecular formula is C15H18N2O2. The molecule has 0 radical (unpaired) electrons. The van der Waals surface area contributed by atoms with E-state index in [-0.39, 0.29) is 0 Å². The zero-order valence-corrected chi connectivity index (χ0v) is 11.1. The van der Waals surface area contributed by atoms with Crippen LogP contribution in [0.2, 0.25) is 0 Å². The van der Waals surface area contributed by atoms with Crippen molar-refractivity contribution < 1.29 is 9.47 Å². The lowest BCUT2D eigenvalue weighted by atomic mass is 10.3. The zero-order chi connectivity index (χ0) is 13.5. The maximum absolute atomic E-state index is 5.44. The molecule has 0 aromatic heterocycles. The lowest BCUT2D eigenvalue weighted by Gasteiger charge is -2.11. The quantitative estimate of drug-likeness (QED) is 0.778. The predicted molar refractivity (Wildman–Crippen MR) is 77.9 cm³/mol. The predicted octanol–water partition coefficient (Wildman–Crippen LogP) is 3.53. The van der Waals surface area contributed by atoms with Crippen LogP contribution >= 0.6 is 0 Å². The molecule has 0 saturated carbocycles. The molecule has 2 N–H and O–H groups in total. The van der Waals surface area contributed by atoms with Gasteiger partial charge in [0.2, 0.25) is 0 Å². The Morgan fingerprint density at radius 3 is 2.32 bits per heavy atom. The minimum absolute atomic E-state index is 0.662. The van der Waals surface area contributed by atoms with Gasteiger partial charge in [-0.15, -0.1) is 0 Å². The first-order valence-corrected chi connectivity index (χ1v) is 6.21. The summed E-state index contributed by atoms with van der Waals surface area (Å²) in [5.41, 5.74) is 8.15. The van der Waals surface area contributed by atoms with Gasteiger partial charge in [-0.3, -0.25) is 0 Å². The van der Waals surface area contributed by atoms with Crippen LogP contribution in [0.4, 0.5) is 11.4 Å². The van der Waals surface area contributed by atoms with Crippen molar-refractivity contribution in [1.82, 2.24) is 0 Å². The SMILES string of the molecule is CCOc1cccc(NNc2ccc(OC)cc2)c1. The van der Waals surface area contributed by atoms with Crippen molar-refractivity contribution in [3.05, 3.63) is 48.5 Å². The van der Waals surface area contributed by atoms with Gasteiger partial charge in [-0.25, -0.2) is 0 Å². The van der Waals surface area contributed by atoms with Gasteiger partial charge in [-0.05, 0) is 43.3 Å². The molecular weight excluding hydrogens is 240 g/mol. The van der Waals surface area contributed by atoms with Gasteiger partial charge in [0.1, 0.15) is 11.5 Å². The zero-order valence-electron chi connectivity index (χ0n) is 11.1. The molecule has 0 atom stereocenters. The Balaban J connectivity index is 1.95. The van der Waals surface area contributed by atoms with Gasteiger partial charge in [0, 0.05) is 6.07 Å². The molecule has 4 nitrogen and oxygen atoms in total. The number of methoxy groups -OCH3 is 1. The first-order valence-electron chi connectivity index (χ1n) is 6.21. The van der Waals surface area contributed by atoms with Crippen LogP contribution in [0.5, 0.6) is 11.5 Å². The molecule has 0 aliphatic rings. The molecule has 0 aliphatic carbocycles. The van der Waals surface area contributed by atoms with E-state index in [4.69, 9.17) is 9.47 Å². The second kappa shape index (κ2) is 6.54. The third-order valence-electron chi connectivity index (χ3n) is 2.59. The van der Waals surface area contributed by atoms with Crippen LogP contribution in [0.15, 0.2) is 48.5 Å². The van der Waals surface area contributed by atoms with Gasteiger partial charge >= 0.3 is 0 Å². The summed E-state index contributed by atoms with van der Waals surface area (Å²) in [4.78, 5) is 0. The van der Waals surface area contributed by atoms with Crippen LogP contribution in [0, 0.1) is 0 Å². The molecule has 0 unspecified atom stereocenters. The first-order chi connectivity index (χ1) is 9.31. The molecule has 2 rings (SSSR count). The van der Waals surface area contributed by atoms with Crippen LogP contribution < -0.4 is 20.3 Å². The van der Waals surface area contributed by atoms with Crippen LogP contribution in [0.25, 0.3) is 0 Å². The van der Waals surface area contributed by atoms with Gasteiger partial charge < -0.3 is 20.3 Å². The number of hydrogen-bond donors (Lipinski definition) is 2. The highest BCUT2D eigenvalue weighted by Gasteiger charge is 1.96. The third-order valence-corrected chi connectivity index (χ3v) is 2.59. The summed E-state index contributed by atoms with van der Waals surface area (Å²) in [6, 6.07) is 15.5. The summed E-state index contributed by atoms with van der Waals surface area (Å²) < 4.78 is 10.6. The van der Waals surface area contributed by atoms with Crippen LogP contribution in [-0.2, 0) is 0 Å². The maximum Gasteiger partial charge on any atom is 0.121 e. The van der Waals surface area contributed by atoms with Crippen LogP contribution in [0.3, 0.4) is 0 Å². The lowest BCUT2D eigenvalue weighted by Crippen LogP contribution is -2.08. The van der Waals surface area contributed by atoms with Gasteiger partial charge in [0.25, 0.3) is 0 Å². The number of benzene rings is 2. The average Bonchev–Trinajstić information content (AvgIpc) is 2.46. The lowest BCUT2D eigenvalue weighted by molar-refractivity contribution is 0.340. The Labute approximate surface area is 113 Å². The van der Waals surface area contributed by atoms with Gasteiger partial charge in [0.15, 0.2) is 0 Å². The van der Waals surface area contributed by atoms with E-state index in [0.717, 1.165) is 22.9 Å². The number of ether oxygens (including phenoxy) is 2. The Hall–Kier alpha value is -2.36. The molecule has 0 aliphatic heterocycles. The number of hydrogen-bond acceptors (Lipinski definition) is 4. The van der Waals surface area contributed by atoms with E-state index in [9.17, 15) is 0 Å². The highest BCUT2D eigenvalue weighted by Crippen LogP contribution is 2.19. The van der Waals surface area contributed by atoms with Crippen molar-refractivity contribution in [2.75, 3.05) is 24.6 Å². The molecule has 100 valence electrons. The van der Waals surface area contributed by atoms with Crippen molar-refractivity contribution in [2.45, 2.75) is 6.92 Å². The molecule has 0 saturated heterocycles. The summed E-state index contributed by atoms with van der Waals surface area (Å²) in [5.74, 6) is 1.69. The van der Waals surface area contributed by atoms with E-state index in [1.165, 1.54) is 0 Å². The molecule has 0 fully saturated rings. The van der Waals surface area contributed by atoms with E-state index in [2.05, 4.69) is 10.9 Å². The normalized spacial score (nSPS) is 9.79. The molecule has 4 heteroatoms. The standard InChI is InChI=1S/C15H18N2O2/c1-3-19-15-6-4-5-13(11-15)17-16-12-7-9-14(18-2)10-8-12/h4-11,16-17H,3H2,1-2H3. The maximum atomic E-state index is 5.44. The largest absolute Gasteiger partial charge is 0.497 e. The Bertz CT molecular complexity index is 512. The average molecular weight is 258 g/mol. The summed E-state index contributed by atoms with van der Waals surface area (Å²) >= 11 is 0. The minimum Gasteiger partial charge on any atom is -0.497 e. The van der Waals surface area contributed by atoms with Crippen molar-refractivity contribution in [2.24, 2.45) is 0 Å². The number of rotatable bonds is 6. The fourth-order valence-corrected chi connectivity index (χ4v) is 1.65. The second-order valence-corrected chi connectivity index (χ2v) is 3.94. The summed E-state index contributed by atoms with van der Waals surface area (Å²) in [6.45, 7) is 2.63. The number of hydrazine groups is 1. The summed E-state index contributed by atoms with van der Waals surface area (Å²) in [6.07, 6.45) is 0. The van der Waals surface area contributed by atoms with E-state index in [1.54, 1.807) is 7.11 Å². The van der Waals surface area contributed by atoms with Gasteiger partial charge in [-0.2, -0.15) is 0 Å². The summed E-state index contributed by atoms with van der Waals surface area (Å²) in [5, 5.41) is 0. The smallest absolute Gasteiger partial charge is 0.121 e. The molecule has 0 spiro atoms. The number of anilines is 2. The molecule has 2 aromatic carbocycles. The molecule has 0 amide bonds. The Kier molecular flexibility index (Phi) is 4.50. The topological polar surface area (TPSA) is 42.5 Å². The van der Waals surface area contributed by atoms with E-state index >= 15 is 0 Å². The highest BCUT2D eigenvalue weighted by molar-refractivity contribution is 5.55. The monoisotopic (exact) mass is 258 g/mol. The fourth-order valence-electron chi connectivity index (χ4n) is 1.65. The van der Waals surface area contributed by atoms with E-state index in [1.807, 2.05) is 55.5 Å². The van der Waals surface area contributed by atoms with Crippen LogP contribution in [-0.4, -0.2) is 13.7 Å². The van der Waals surface area contributed by atoms with E-state index < -0.39 is 0 Å². The minimum atomic E-state index is 0.662. The van der Waals surface area contributed by atoms with Crippen molar-refractivity contribution in [3.63, 3.8) is 0 Å². The summed E-state index contributed by atoms with van der Waals surface area (Å²) in [7, 11) is 1.65. The number of nitrogens with one attached hydrogen (secondary N) is 2. The molecule has 19 heavy (non-hydrogen) atoms. The first kappa shape index (κ1) is 13.1. The van der Waals surface area contributed by atoms with Crippen LogP contribution in [0.1, 0.15) is 6.92 Å². The Morgan fingerprint density at radius 2 is 1.63 bits per heavy atom. The van der Waals surface area contributed by atoms with Crippen molar-refractivity contribution in [3.8, 4) is 11.5 Å². The van der Waals surface area contributed by atoms with Gasteiger partial charge in [0.05, 0.1) is 25.1 Å². The molecule has 0 bridgehead atoms. The van der Waals surface area contributed by atoms with Crippen molar-refractivity contribution in [1.29, 1.82) is 0 Å².